The lowest BCUT2D eigenvalue weighted by atomic mass is 10.2. The fourth-order valence-corrected chi connectivity index (χ4v) is 1.93. The normalized spacial score (nSPS) is 16.2. The van der Waals surface area contributed by atoms with Gasteiger partial charge in [0.2, 0.25) is 0 Å². The number of nitrogens with two attached hydrogens (primary N) is 1. The van der Waals surface area contributed by atoms with E-state index in [1.165, 1.54) is 12.8 Å². The van der Waals surface area contributed by atoms with Gasteiger partial charge in [-0.1, -0.05) is 17.7 Å². The quantitative estimate of drug-likeness (QED) is 0.785. The Hall–Kier alpha value is -1.26. The summed E-state index contributed by atoms with van der Waals surface area (Å²) >= 11 is 5.98. The van der Waals surface area contributed by atoms with E-state index in [2.05, 4.69) is 10.6 Å². The maximum atomic E-state index is 11.6. The molecule has 1 aliphatic rings. The summed E-state index contributed by atoms with van der Waals surface area (Å²) in [5.74, 6) is 0.583. The van der Waals surface area contributed by atoms with Crippen LogP contribution >= 0.6 is 11.6 Å². The van der Waals surface area contributed by atoms with Crippen LogP contribution in [0.4, 0.5) is 10.5 Å². The minimum absolute atomic E-state index is 0.0670. The van der Waals surface area contributed by atoms with Crippen LogP contribution in [-0.2, 0) is 0 Å². The first-order valence-electron chi connectivity index (χ1n) is 6.13. The molecule has 0 spiro atoms. The molecular formula is C13H18ClN3O. The van der Waals surface area contributed by atoms with Crippen LogP contribution in [0, 0.1) is 12.8 Å². The minimum atomic E-state index is -0.244. The van der Waals surface area contributed by atoms with Crippen LogP contribution in [0.25, 0.3) is 0 Å². The van der Waals surface area contributed by atoms with Crippen LogP contribution in [0.2, 0.25) is 5.02 Å². The number of hydrogen-bond donors (Lipinski definition) is 3. The highest BCUT2D eigenvalue weighted by Gasteiger charge is 2.28. The van der Waals surface area contributed by atoms with Crippen LogP contribution in [0.15, 0.2) is 18.2 Å². The number of hydrogen-bond acceptors (Lipinski definition) is 2. The average Bonchev–Trinajstić information content (AvgIpc) is 3.15. The molecule has 1 saturated carbocycles. The van der Waals surface area contributed by atoms with Gasteiger partial charge in [-0.3, -0.25) is 0 Å². The lowest BCUT2D eigenvalue weighted by Gasteiger charge is -2.12. The molecule has 0 saturated heterocycles. The van der Waals surface area contributed by atoms with Crippen molar-refractivity contribution in [3.8, 4) is 0 Å². The summed E-state index contributed by atoms with van der Waals surface area (Å²) in [4.78, 5) is 11.6. The van der Waals surface area contributed by atoms with Crippen LogP contribution in [0.3, 0.4) is 0 Å². The third-order valence-corrected chi connectivity index (χ3v) is 3.56. The largest absolute Gasteiger partial charge is 0.336 e. The molecule has 0 aromatic heterocycles. The summed E-state index contributed by atoms with van der Waals surface area (Å²) in [7, 11) is 0. The minimum Gasteiger partial charge on any atom is -0.336 e. The Morgan fingerprint density at radius 2 is 2.28 bits per heavy atom. The topological polar surface area (TPSA) is 67.2 Å². The second kappa shape index (κ2) is 5.59. The Balaban J connectivity index is 1.80. The number of amides is 2. The van der Waals surface area contributed by atoms with Crippen molar-refractivity contribution in [2.45, 2.75) is 25.8 Å². The number of carbonyl (C=O) groups excluding carboxylic acids is 1. The van der Waals surface area contributed by atoms with Crippen LogP contribution in [0.5, 0.6) is 0 Å². The molecular weight excluding hydrogens is 250 g/mol. The molecule has 98 valence electrons. The molecule has 1 aliphatic carbocycles. The van der Waals surface area contributed by atoms with Gasteiger partial charge in [0.15, 0.2) is 0 Å². The first-order valence-corrected chi connectivity index (χ1v) is 6.50. The Bertz CT molecular complexity index is 446. The summed E-state index contributed by atoms with van der Waals surface area (Å²) in [6.07, 6.45) is 2.36. The molecule has 1 aromatic rings. The van der Waals surface area contributed by atoms with E-state index in [9.17, 15) is 4.79 Å². The number of halogens is 1. The van der Waals surface area contributed by atoms with E-state index in [0.29, 0.717) is 23.2 Å². The van der Waals surface area contributed by atoms with Crippen molar-refractivity contribution in [2.75, 3.05) is 11.9 Å². The molecule has 2 amide bonds. The lowest BCUT2D eigenvalue weighted by molar-refractivity contribution is 0.251. The van der Waals surface area contributed by atoms with E-state index >= 15 is 0 Å². The number of nitrogens with one attached hydrogen (secondary N) is 2. The van der Waals surface area contributed by atoms with Crippen molar-refractivity contribution in [2.24, 2.45) is 11.7 Å². The number of aryl methyl sites for hydroxylation is 1. The summed E-state index contributed by atoms with van der Waals surface area (Å²) in [6, 6.07) is 5.25. The molecule has 1 fully saturated rings. The molecule has 0 radical (unpaired) electrons. The second-order valence-electron chi connectivity index (χ2n) is 4.80. The molecule has 4 N–H and O–H groups in total. The van der Waals surface area contributed by atoms with E-state index in [1.807, 2.05) is 19.1 Å². The Labute approximate surface area is 112 Å². The molecule has 0 aliphatic heterocycles. The highest BCUT2D eigenvalue weighted by Crippen LogP contribution is 2.31. The van der Waals surface area contributed by atoms with Gasteiger partial charge in [-0.25, -0.2) is 4.79 Å². The number of carbonyl (C=O) groups is 1. The molecule has 0 bridgehead atoms. The van der Waals surface area contributed by atoms with Gasteiger partial charge in [-0.2, -0.15) is 0 Å². The van der Waals surface area contributed by atoms with Gasteiger partial charge in [0.05, 0.1) is 0 Å². The van der Waals surface area contributed by atoms with Crippen LogP contribution in [-0.4, -0.2) is 18.6 Å². The van der Waals surface area contributed by atoms with Gasteiger partial charge in [-0.05, 0) is 43.4 Å². The zero-order chi connectivity index (χ0) is 13.1. The Morgan fingerprint density at radius 3 is 2.89 bits per heavy atom. The predicted octanol–water partition coefficient (Wildman–Crippen LogP) is 2.51. The second-order valence-corrected chi connectivity index (χ2v) is 5.21. The zero-order valence-corrected chi connectivity index (χ0v) is 11.1. The highest BCUT2D eigenvalue weighted by atomic mass is 35.5. The van der Waals surface area contributed by atoms with Crippen LogP contribution in [0.1, 0.15) is 18.4 Å². The Morgan fingerprint density at radius 1 is 1.56 bits per heavy atom. The number of rotatable bonds is 4. The van der Waals surface area contributed by atoms with Crippen LogP contribution < -0.4 is 16.4 Å². The predicted molar refractivity (Wildman–Crippen MR) is 73.9 cm³/mol. The third kappa shape index (κ3) is 3.62. The van der Waals surface area contributed by atoms with Crippen molar-refractivity contribution < 1.29 is 4.79 Å². The Kier molecular flexibility index (Phi) is 4.09. The molecule has 0 heterocycles. The number of benzene rings is 1. The fourth-order valence-electron chi connectivity index (χ4n) is 1.75. The standard InChI is InChI=1S/C13H18ClN3O/c1-8-2-5-10(6-11(8)14)17-13(18)16-7-12(15)9-3-4-9/h2,5-6,9,12H,3-4,7,15H2,1H3,(H2,16,17,18). The molecule has 1 aromatic carbocycles. The summed E-state index contributed by atoms with van der Waals surface area (Å²) < 4.78 is 0. The van der Waals surface area contributed by atoms with Crippen molar-refractivity contribution in [3.05, 3.63) is 28.8 Å². The van der Waals surface area contributed by atoms with E-state index in [4.69, 9.17) is 17.3 Å². The summed E-state index contributed by atoms with van der Waals surface area (Å²) in [5.41, 5.74) is 7.57. The molecule has 1 atom stereocenters. The molecule has 2 rings (SSSR count). The highest BCUT2D eigenvalue weighted by molar-refractivity contribution is 6.31. The summed E-state index contributed by atoms with van der Waals surface area (Å²) in [5, 5.41) is 6.14. The molecule has 1 unspecified atom stereocenters. The summed E-state index contributed by atoms with van der Waals surface area (Å²) in [6.45, 7) is 2.43. The zero-order valence-electron chi connectivity index (χ0n) is 10.4. The van der Waals surface area contributed by atoms with Crippen molar-refractivity contribution in [1.82, 2.24) is 5.32 Å². The van der Waals surface area contributed by atoms with E-state index in [-0.39, 0.29) is 12.1 Å². The SMILES string of the molecule is Cc1ccc(NC(=O)NCC(N)C2CC2)cc1Cl. The fraction of sp³-hybridized carbons (Fsp3) is 0.462. The van der Waals surface area contributed by atoms with Gasteiger partial charge in [-0.15, -0.1) is 0 Å². The van der Waals surface area contributed by atoms with Crippen molar-refractivity contribution >= 4 is 23.3 Å². The molecule has 18 heavy (non-hydrogen) atoms. The molecule has 5 heteroatoms. The van der Waals surface area contributed by atoms with Gasteiger partial charge in [0, 0.05) is 23.3 Å². The number of urea groups is 1. The van der Waals surface area contributed by atoms with Gasteiger partial charge in [0.25, 0.3) is 0 Å². The van der Waals surface area contributed by atoms with Crippen molar-refractivity contribution in [1.29, 1.82) is 0 Å². The van der Waals surface area contributed by atoms with Gasteiger partial charge in [0.1, 0.15) is 0 Å². The third-order valence-electron chi connectivity index (χ3n) is 3.16. The lowest BCUT2D eigenvalue weighted by Crippen LogP contribution is -2.40. The first kappa shape index (κ1) is 13.2. The average molecular weight is 268 g/mol. The number of anilines is 1. The first-order chi connectivity index (χ1) is 8.56. The smallest absolute Gasteiger partial charge is 0.319 e. The maximum absolute atomic E-state index is 11.6. The van der Waals surface area contributed by atoms with E-state index < -0.39 is 0 Å². The monoisotopic (exact) mass is 267 g/mol. The molecule has 4 nitrogen and oxygen atoms in total. The van der Waals surface area contributed by atoms with E-state index in [0.717, 1.165) is 5.56 Å². The van der Waals surface area contributed by atoms with Gasteiger partial charge < -0.3 is 16.4 Å². The van der Waals surface area contributed by atoms with Gasteiger partial charge >= 0.3 is 6.03 Å². The van der Waals surface area contributed by atoms with Crippen molar-refractivity contribution in [3.63, 3.8) is 0 Å². The maximum Gasteiger partial charge on any atom is 0.319 e. The van der Waals surface area contributed by atoms with E-state index in [1.54, 1.807) is 6.07 Å².